The van der Waals surface area contributed by atoms with Crippen molar-refractivity contribution >= 4 is 58.0 Å². The maximum absolute atomic E-state index is 11.6. The Morgan fingerprint density at radius 1 is 1.06 bits per heavy atom. The van der Waals surface area contributed by atoms with E-state index in [1.807, 2.05) is 0 Å². The van der Waals surface area contributed by atoms with Gasteiger partial charge in [-0.25, -0.2) is 9.97 Å². The standard InChI is InChI=1S/C21H18Cl3N5O4/c1-4-17(30)28-14-9-25-8-13(22)20(14)29-21-26-6-11(7-27-21)33-10-12-18(23)15(31-2)5-16(32-3)19(12)24/h4-9H,1,10H2,2-3H3,(H,28,30)(H,25,26,27,29). The highest BCUT2D eigenvalue weighted by atomic mass is 35.5. The fourth-order valence-corrected chi connectivity index (χ4v) is 3.44. The lowest BCUT2D eigenvalue weighted by Crippen LogP contribution is -2.10. The summed E-state index contributed by atoms with van der Waals surface area (Å²) in [5.74, 6) is 0.958. The summed E-state index contributed by atoms with van der Waals surface area (Å²) in [5, 5.41) is 6.43. The van der Waals surface area contributed by atoms with E-state index in [4.69, 9.17) is 49.0 Å². The zero-order chi connectivity index (χ0) is 24.0. The molecule has 0 aliphatic carbocycles. The van der Waals surface area contributed by atoms with Crippen molar-refractivity contribution in [3.63, 3.8) is 0 Å². The molecule has 0 saturated carbocycles. The van der Waals surface area contributed by atoms with Crippen molar-refractivity contribution in [1.29, 1.82) is 0 Å². The molecule has 0 atom stereocenters. The van der Waals surface area contributed by atoms with Gasteiger partial charge in [-0.1, -0.05) is 41.4 Å². The van der Waals surface area contributed by atoms with E-state index in [1.54, 1.807) is 6.07 Å². The number of pyridine rings is 1. The maximum Gasteiger partial charge on any atom is 0.247 e. The van der Waals surface area contributed by atoms with Gasteiger partial charge >= 0.3 is 0 Å². The molecule has 0 spiro atoms. The van der Waals surface area contributed by atoms with Crippen LogP contribution in [0.1, 0.15) is 5.56 Å². The third-order valence-corrected chi connectivity index (χ3v) is 5.37. The number of benzene rings is 1. The first-order valence-electron chi connectivity index (χ1n) is 9.25. The molecule has 12 heteroatoms. The van der Waals surface area contributed by atoms with Crippen LogP contribution in [0.2, 0.25) is 15.1 Å². The van der Waals surface area contributed by atoms with Gasteiger partial charge in [0, 0.05) is 17.8 Å². The van der Waals surface area contributed by atoms with E-state index in [0.717, 1.165) is 6.08 Å². The summed E-state index contributed by atoms with van der Waals surface area (Å²) in [5.41, 5.74) is 1.20. The second-order valence-electron chi connectivity index (χ2n) is 6.28. The normalized spacial score (nSPS) is 10.3. The minimum atomic E-state index is -0.418. The summed E-state index contributed by atoms with van der Waals surface area (Å²) >= 11 is 18.9. The molecule has 9 nitrogen and oxygen atoms in total. The van der Waals surface area contributed by atoms with E-state index < -0.39 is 5.91 Å². The Kier molecular flexibility index (Phi) is 8.16. The van der Waals surface area contributed by atoms with Gasteiger partial charge in [-0.2, -0.15) is 0 Å². The van der Waals surface area contributed by atoms with Crippen molar-refractivity contribution in [2.45, 2.75) is 6.61 Å². The average molecular weight is 511 g/mol. The Labute approximate surface area is 204 Å². The number of carbonyl (C=O) groups is 1. The van der Waals surface area contributed by atoms with Crippen LogP contribution >= 0.6 is 34.8 Å². The van der Waals surface area contributed by atoms with Crippen LogP contribution in [-0.4, -0.2) is 35.1 Å². The summed E-state index contributed by atoms with van der Waals surface area (Å²) in [4.78, 5) is 24.0. The summed E-state index contributed by atoms with van der Waals surface area (Å²) in [6.07, 6.45) is 6.88. The van der Waals surface area contributed by atoms with E-state index >= 15 is 0 Å². The molecule has 0 aliphatic heterocycles. The molecule has 2 heterocycles. The minimum Gasteiger partial charge on any atom is -0.495 e. The van der Waals surface area contributed by atoms with Crippen LogP contribution in [0.4, 0.5) is 17.3 Å². The Balaban J connectivity index is 1.76. The zero-order valence-electron chi connectivity index (χ0n) is 17.5. The van der Waals surface area contributed by atoms with Crippen molar-refractivity contribution in [2.75, 3.05) is 24.9 Å². The fourth-order valence-electron chi connectivity index (χ4n) is 2.63. The average Bonchev–Trinajstić information content (AvgIpc) is 2.82. The predicted octanol–water partition coefficient (Wildman–Crippen LogP) is 5.30. The number of carbonyl (C=O) groups excluding carboxylic acids is 1. The van der Waals surface area contributed by atoms with E-state index in [2.05, 4.69) is 32.2 Å². The smallest absolute Gasteiger partial charge is 0.247 e. The number of nitrogens with one attached hydrogen (secondary N) is 2. The molecular formula is C21H18Cl3N5O4. The topological polar surface area (TPSA) is 107 Å². The number of amides is 1. The molecule has 0 aliphatic rings. The van der Waals surface area contributed by atoms with Gasteiger partial charge in [0.1, 0.15) is 18.1 Å². The summed E-state index contributed by atoms with van der Waals surface area (Å²) in [6, 6.07) is 1.59. The summed E-state index contributed by atoms with van der Waals surface area (Å²) in [7, 11) is 2.98. The number of anilines is 3. The van der Waals surface area contributed by atoms with Crippen LogP contribution in [-0.2, 0) is 11.4 Å². The van der Waals surface area contributed by atoms with Gasteiger partial charge in [0.2, 0.25) is 11.9 Å². The van der Waals surface area contributed by atoms with Crippen LogP contribution in [0.5, 0.6) is 17.2 Å². The number of ether oxygens (including phenoxy) is 3. The summed E-state index contributed by atoms with van der Waals surface area (Å²) in [6.45, 7) is 3.44. The SMILES string of the molecule is C=CC(=O)Nc1cncc(Cl)c1Nc1ncc(OCc2c(Cl)c(OC)cc(OC)c2Cl)cn1. The Morgan fingerprint density at radius 2 is 1.70 bits per heavy atom. The number of halogens is 3. The third-order valence-electron chi connectivity index (χ3n) is 4.26. The molecule has 0 unspecified atom stereocenters. The molecule has 1 amide bonds. The van der Waals surface area contributed by atoms with Crippen molar-refractivity contribution < 1.29 is 19.0 Å². The van der Waals surface area contributed by atoms with E-state index in [-0.39, 0.29) is 17.6 Å². The number of hydrogen-bond acceptors (Lipinski definition) is 8. The van der Waals surface area contributed by atoms with E-state index in [1.165, 1.54) is 39.0 Å². The number of methoxy groups -OCH3 is 2. The summed E-state index contributed by atoms with van der Waals surface area (Å²) < 4.78 is 16.2. The second kappa shape index (κ2) is 11.0. The van der Waals surface area contributed by atoms with Gasteiger partial charge in [0.25, 0.3) is 0 Å². The molecule has 1 aromatic carbocycles. The van der Waals surface area contributed by atoms with Crippen molar-refractivity contribution in [1.82, 2.24) is 15.0 Å². The molecule has 172 valence electrons. The maximum atomic E-state index is 11.6. The number of hydrogen-bond donors (Lipinski definition) is 2. The largest absolute Gasteiger partial charge is 0.495 e. The first kappa shape index (κ1) is 24.4. The van der Waals surface area contributed by atoms with E-state index in [0.29, 0.717) is 44.2 Å². The first-order chi connectivity index (χ1) is 15.9. The van der Waals surface area contributed by atoms with Crippen LogP contribution in [0.15, 0.2) is 43.5 Å². The highest BCUT2D eigenvalue weighted by molar-refractivity contribution is 6.37. The van der Waals surface area contributed by atoms with Crippen molar-refractivity contribution in [3.05, 3.63) is 64.1 Å². The van der Waals surface area contributed by atoms with Gasteiger partial charge in [0.05, 0.1) is 59.3 Å². The van der Waals surface area contributed by atoms with Gasteiger partial charge in [-0.3, -0.25) is 9.78 Å². The zero-order valence-corrected chi connectivity index (χ0v) is 19.8. The van der Waals surface area contributed by atoms with E-state index in [9.17, 15) is 4.79 Å². The quantitative estimate of drug-likeness (QED) is 0.374. The fraction of sp³-hybridized carbons (Fsp3) is 0.143. The van der Waals surface area contributed by atoms with Crippen LogP contribution < -0.4 is 24.8 Å². The second-order valence-corrected chi connectivity index (χ2v) is 7.44. The van der Waals surface area contributed by atoms with Crippen molar-refractivity contribution in [3.8, 4) is 17.2 Å². The predicted molar refractivity (Wildman–Crippen MR) is 127 cm³/mol. The molecule has 0 fully saturated rings. The minimum absolute atomic E-state index is 0.0231. The number of nitrogens with zero attached hydrogens (tertiary/aromatic N) is 3. The lowest BCUT2D eigenvalue weighted by atomic mass is 10.2. The molecule has 0 bridgehead atoms. The lowest BCUT2D eigenvalue weighted by Gasteiger charge is -2.15. The van der Waals surface area contributed by atoms with Gasteiger partial charge in [-0.05, 0) is 6.08 Å². The molecule has 0 radical (unpaired) electrons. The van der Waals surface area contributed by atoms with Gasteiger partial charge in [-0.15, -0.1) is 0 Å². The molecule has 0 saturated heterocycles. The Bertz CT molecular complexity index is 1150. The Morgan fingerprint density at radius 3 is 2.27 bits per heavy atom. The molecule has 2 N–H and O–H groups in total. The lowest BCUT2D eigenvalue weighted by molar-refractivity contribution is -0.111. The highest BCUT2D eigenvalue weighted by Crippen LogP contribution is 2.40. The molecule has 3 rings (SSSR count). The molecule has 3 aromatic rings. The third kappa shape index (κ3) is 5.75. The van der Waals surface area contributed by atoms with Gasteiger partial charge in [0.15, 0.2) is 5.75 Å². The van der Waals surface area contributed by atoms with Gasteiger partial charge < -0.3 is 24.8 Å². The van der Waals surface area contributed by atoms with Crippen LogP contribution in [0.3, 0.4) is 0 Å². The van der Waals surface area contributed by atoms with Crippen LogP contribution in [0, 0.1) is 0 Å². The van der Waals surface area contributed by atoms with Crippen molar-refractivity contribution in [2.24, 2.45) is 0 Å². The number of aromatic nitrogens is 3. The number of rotatable bonds is 9. The monoisotopic (exact) mass is 509 g/mol. The first-order valence-corrected chi connectivity index (χ1v) is 10.4. The molecule has 33 heavy (non-hydrogen) atoms. The highest BCUT2D eigenvalue weighted by Gasteiger charge is 2.18. The van der Waals surface area contributed by atoms with Crippen LogP contribution in [0.25, 0.3) is 0 Å². The molecule has 2 aromatic heterocycles. The molecular weight excluding hydrogens is 493 g/mol. The Hall–Kier alpha value is -3.27.